The van der Waals surface area contributed by atoms with Crippen molar-refractivity contribution in [3.63, 3.8) is 0 Å². The van der Waals surface area contributed by atoms with Crippen molar-refractivity contribution >= 4 is 0 Å². The van der Waals surface area contributed by atoms with E-state index in [0.29, 0.717) is 12.3 Å². The summed E-state index contributed by atoms with van der Waals surface area (Å²) < 4.78 is 32.3. The monoisotopic (exact) mass is 241 g/mol. The van der Waals surface area contributed by atoms with E-state index in [1.54, 1.807) is 0 Å². The molecule has 1 aromatic carbocycles. The Balaban J connectivity index is 2.05. The van der Waals surface area contributed by atoms with Crippen molar-refractivity contribution in [1.82, 2.24) is 0 Å². The number of ether oxygens (including phenoxy) is 1. The van der Waals surface area contributed by atoms with Gasteiger partial charge in [0.2, 0.25) is 0 Å². The number of nitrogens with two attached hydrogens (primary N) is 1. The molecule has 17 heavy (non-hydrogen) atoms. The Morgan fingerprint density at radius 2 is 1.82 bits per heavy atom. The van der Waals surface area contributed by atoms with Crippen LogP contribution in [0, 0.1) is 17.6 Å². The van der Waals surface area contributed by atoms with Crippen LogP contribution in [-0.2, 0) is 4.74 Å². The molecule has 1 fully saturated rings. The van der Waals surface area contributed by atoms with Crippen LogP contribution in [0.25, 0.3) is 0 Å². The maximum atomic E-state index is 13.5. The van der Waals surface area contributed by atoms with Crippen LogP contribution in [0.3, 0.4) is 0 Å². The lowest BCUT2D eigenvalue weighted by Gasteiger charge is -2.25. The fourth-order valence-electron chi connectivity index (χ4n) is 2.32. The van der Waals surface area contributed by atoms with E-state index in [-0.39, 0.29) is 5.56 Å². The highest BCUT2D eigenvalue weighted by Gasteiger charge is 2.22. The first-order chi connectivity index (χ1) is 8.18. The van der Waals surface area contributed by atoms with Gasteiger partial charge in [-0.25, -0.2) is 8.78 Å². The van der Waals surface area contributed by atoms with Gasteiger partial charge in [0.15, 0.2) is 0 Å². The normalized spacial score (nSPS) is 19.2. The van der Waals surface area contributed by atoms with Crippen LogP contribution in [0.4, 0.5) is 8.78 Å². The molecule has 1 heterocycles. The van der Waals surface area contributed by atoms with Crippen LogP contribution >= 0.6 is 0 Å². The molecule has 0 amide bonds. The van der Waals surface area contributed by atoms with Gasteiger partial charge in [-0.15, -0.1) is 0 Å². The van der Waals surface area contributed by atoms with E-state index in [2.05, 4.69) is 0 Å². The van der Waals surface area contributed by atoms with Gasteiger partial charge < -0.3 is 10.5 Å². The molecule has 0 bridgehead atoms. The average molecular weight is 241 g/mol. The molecule has 0 radical (unpaired) electrons. The second-order valence-corrected chi connectivity index (χ2v) is 4.53. The first-order valence-corrected chi connectivity index (χ1v) is 5.95. The minimum absolute atomic E-state index is 0.0130. The van der Waals surface area contributed by atoms with Crippen LogP contribution in [0.5, 0.6) is 0 Å². The summed E-state index contributed by atoms with van der Waals surface area (Å²) in [7, 11) is 0. The smallest absolute Gasteiger partial charge is 0.130 e. The van der Waals surface area contributed by atoms with Crippen LogP contribution < -0.4 is 5.73 Å². The molecule has 0 saturated carbocycles. The molecule has 1 unspecified atom stereocenters. The third kappa shape index (κ3) is 3.01. The largest absolute Gasteiger partial charge is 0.381 e. The summed E-state index contributed by atoms with van der Waals surface area (Å²) in [5.74, 6) is -0.702. The summed E-state index contributed by atoms with van der Waals surface area (Å²) in [5, 5.41) is 0. The minimum atomic E-state index is -0.570. The summed E-state index contributed by atoms with van der Waals surface area (Å²) in [6, 6.07) is 3.29. The fourth-order valence-corrected chi connectivity index (χ4v) is 2.32. The van der Waals surface area contributed by atoms with Gasteiger partial charge in [-0.3, -0.25) is 0 Å². The lowest BCUT2D eigenvalue weighted by atomic mass is 9.89. The Morgan fingerprint density at radius 3 is 2.41 bits per heavy atom. The van der Waals surface area contributed by atoms with E-state index in [4.69, 9.17) is 10.5 Å². The molecule has 1 aliphatic rings. The SMILES string of the molecule is NC(CC1CCOCC1)c1c(F)cccc1F. The Kier molecular flexibility index (Phi) is 4.07. The molecular weight excluding hydrogens is 224 g/mol. The predicted molar refractivity (Wildman–Crippen MR) is 61.4 cm³/mol. The van der Waals surface area contributed by atoms with Gasteiger partial charge in [-0.1, -0.05) is 6.07 Å². The summed E-state index contributed by atoms with van der Waals surface area (Å²) in [5.41, 5.74) is 5.92. The Bertz CT molecular complexity index is 357. The summed E-state index contributed by atoms with van der Waals surface area (Å²) in [6.07, 6.45) is 2.45. The Labute approximate surface area is 99.8 Å². The molecule has 2 nitrogen and oxygen atoms in total. The minimum Gasteiger partial charge on any atom is -0.381 e. The highest BCUT2D eigenvalue weighted by molar-refractivity contribution is 5.23. The number of hydrogen-bond donors (Lipinski definition) is 1. The lowest BCUT2D eigenvalue weighted by molar-refractivity contribution is 0.0616. The first-order valence-electron chi connectivity index (χ1n) is 5.95. The van der Waals surface area contributed by atoms with Gasteiger partial charge in [0.1, 0.15) is 11.6 Å². The molecule has 1 aliphatic heterocycles. The highest BCUT2D eigenvalue weighted by atomic mass is 19.1. The molecule has 1 aromatic rings. The van der Waals surface area contributed by atoms with Crippen molar-refractivity contribution in [2.45, 2.75) is 25.3 Å². The van der Waals surface area contributed by atoms with E-state index >= 15 is 0 Å². The zero-order valence-electron chi connectivity index (χ0n) is 9.66. The number of halogens is 2. The maximum Gasteiger partial charge on any atom is 0.130 e. The molecule has 0 aliphatic carbocycles. The third-order valence-electron chi connectivity index (χ3n) is 3.30. The summed E-state index contributed by atoms with van der Waals surface area (Å²) in [6.45, 7) is 1.44. The van der Waals surface area contributed by atoms with E-state index in [1.165, 1.54) is 18.2 Å². The van der Waals surface area contributed by atoms with Gasteiger partial charge in [0.25, 0.3) is 0 Å². The fraction of sp³-hybridized carbons (Fsp3) is 0.538. The van der Waals surface area contributed by atoms with Crippen molar-refractivity contribution in [1.29, 1.82) is 0 Å². The zero-order valence-corrected chi connectivity index (χ0v) is 9.66. The number of benzene rings is 1. The lowest BCUT2D eigenvalue weighted by Crippen LogP contribution is -2.22. The van der Waals surface area contributed by atoms with Crippen LogP contribution in [0.15, 0.2) is 18.2 Å². The topological polar surface area (TPSA) is 35.2 Å². The molecule has 1 atom stereocenters. The molecule has 0 aromatic heterocycles. The van der Waals surface area contributed by atoms with E-state index in [0.717, 1.165) is 26.1 Å². The molecule has 2 rings (SSSR count). The summed E-state index contributed by atoms with van der Waals surface area (Å²) in [4.78, 5) is 0. The molecule has 1 saturated heterocycles. The van der Waals surface area contributed by atoms with Crippen LogP contribution in [0.1, 0.15) is 30.9 Å². The van der Waals surface area contributed by atoms with Gasteiger partial charge in [0, 0.05) is 24.8 Å². The molecule has 94 valence electrons. The average Bonchev–Trinajstić information content (AvgIpc) is 2.30. The Morgan fingerprint density at radius 1 is 1.24 bits per heavy atom. The molecule has 2 N–H and O–H groups in total. The van der Waals surface area contributed by atoms with E-state index in [9.17, 15) is 8.78 Å². The van der Waals surface area contributed by atoms with Gasteiger partial charge in [-0.2, -0.15) is 0 Å². The third-order valence-corrected chi connectivity index (χ3v) is 3.30. The van der Waals surface area contributed by atoms with Crippen molar-refractivity contribution in [2.24, 2.45) is 11.7 Å². The van der Waals surface area contributed by atoms with E-state index < -0.39 is 17.7 Å². The van der Waals surface area contributed by atoms with Crippen LogP contribution in [0.2, 0.25) is 0 Å². The summed E-state index contributed by atoms with van der Waals surface area (Å²) >= 11 is 0. The van der Waals surface area contributed by atoms with Gasteiger partial charge in [-0.05, 0) is 37.3 Å². The molecular formula is C13H17F2NO. The zero-order chi connectivity index (χ0) is 12.3. The highest BCUT2D eigenvalue weighted by Crippen LogP contribution is 2.28. The predicted octanol–water partition coefficient (Wildman–Crippen LogP) is 2.78. The van der Waals surface area contributed by atoms with Crippen molar-refractivity contribution in [3.8, 4) is 0 Å². The standard InChI is InChI=1S/C13H17F2NO/c14-10-2-1-3-11(15)13(10)12(16)8-9-4-6-17-7-5-9/h1-3,9,12H,4-8,16H2. The number of rotatable bonds is 3. The number of hydrogen-bond acceptors (Lipinski definition) is 2. The van der Waals surface area contributed by atoms with Crippen LogP contribution in [-0.4, -0.2) is 13.2 Å². The van der Waals surface area contributed by atoms with E-state index in [1.807, 2.05) is 0 Å². The second-order valence-electron chi connectivity index (χ2n) is 4.53. The first kappa shape index (κ1) is 12.5. The maximum absolute atomic E-state index is 13.5. The molecule has 4 heteroatoms. The van der Waals surface area contributed by atoms with Gasteiger partial charge >= 0.3 is 0 Å². The molecule has 0 spiro atoms. The van der Waals surface area contributed by atoms with Crippen molar-refractivity contribution in [2.75, 3.05) is 13.2 Å². The van der Waals surface area contributed by atoms with Gasteiger partial charge in [0.05, 0.1) is 0 Å². The van der Waals surface area contributed by atoms with Crippen molar-refractivity contribution < 1.29 is 13.5 Å². The van der Waals surface area contributed by atoms with Crippen molar-refractivity contribution in [3.05, 3.63) is 35.4 Å². The Hall–Kier alpha value is -1.00. The second kappa shape index (κ2) is 5.56. The quantitative estimate of drug-likeness (QED) is 0.883.